The molecule has 1 aliphatic rings. The minimum atomic E-state index is -4.81. The molecule has 3 N–H and O–H groups in total. The summed E-state index contributed by atoms with van der Waals surface area (Å²) in [6.07, 6.45) is 0.00508. The molecule has 3 rings (SSSR count). The van der Waals surface area contributed by atoms with Crippen molar-refractivity contribution in [3.8, 4) is 11.5 Å². The van der Waals surface area contributed by atoms with Crippen LogP contribution in [0.4, 0.5) is 13.2 Å². The second kappa shape index (κ2) is 12.4. The second-order valence-electron chi connectivity index (χ2n) is 8.42. The SMILES string of the molecule is O=C(NC(Cc1ccc(OC(F)(F)F)cc1)C(=O)NCCO)c1ccc(OCC2CCCC2)cc1. The summed E-state index contributed by atoms with van der Waals surface area (Å²) in [5, 5.41) is 14.2. The number of alkyl halides is 3. The van der Waals surface area contributed by atoms with Crippen LogP contribution in [0.15, 0.2) is 48.5 Å². The molecule has 0 radical (unpaired) electrons. The average Bonchev–Trinajstić information content (AvgIpc) is 3.35. The van der Waals surface area contributed by atoms with E-state index in [0.29, 0.717) is 29.4 Å². The second-order valence-corrected chi connectivity index (χ2v) is 8.42. The lowest BCUT2D eigenvalue weighted by Crippen LogP contribution is -2.48. The lowest BCUT2D eigenvalue weighted by molar-refractivity contribution is -0.274. The molecule has 1 aliphatic carbocycles. The first-order chi connectivity index (χ1) is 16.7. The fraction of sp³-hybridized carbons (Fsp3) is 0.440. The van der Waals surface area contributed by atoms with Crippen molar-refractivity contribution in [3.63, 3.8) is 0 Å². The highest BCUT2D eigenvalue weighted by Gasteiger charge is 2.31. The summed E-state index contributed by atoms with van der Waals surface area (Å²) in [5.74, 6) is -0.188. The van der Waals surface area contributed by atoms with Gasteiger partial charge in [0.15, 0.2) is 0 Å². The number of halogens is 3. The van der Waals surface area contributed by atoms with Crippen LogP contribution in [0.3, 0.4) is 0 Å². The fourth-order valence-electron chi connectivity index (χ4n) is 3.91. The van der Waals surface area contributed by atoms with Gasteiger partial charge in [0.1, 0.15) is 17.5 Å². The Balaban J connectivity index is 1.62. The van der Waals surface area contributed by atoms with E-state index in [1.807, 2.05) is 0 Å². The molecule has 2 amide bonds. The van der Waals surface area contributed by atoms with E-state index in [4.69, 9.17) is 9.84 Å². The Morgan fingerprint density at radius 2 is 1.63 bits per heavy atom. The van der Waals surface area contributed by atoms with E-state index in [2.05, 4.69) is 15.4 Å². The van der Waals surface area contributed by atoms with Gasteiger partial charge in [0.05, 0.1) is 13.2 Å². The van der Waals surface area contributed by atoms with Gasteiger partial charge in [-0.2, -0.15) is 0 Å². The third-order valence-corrected chi connectivity index (χ3v) is 5.71. The average molecular weight is 495 g/mol. The van der Waals surface area contributed by atoms with Gasteiger partial charge in [0.25, 0.3) is 5.91 Å². The van der Waals surface area contributed by atoms with Crippen LogP contribution in [0.5, 0.6) is 11.5 Å². The molecular weight excluding hydrogens is 465 g/mol. The van der Waals surface area contributed by atoms with Gasteiger partial charge in [-0.1, -0.05) is 25.0 Å². The van der Waals surface area contributed by atoms with Gasteiger partial charge in [-0.25, -0.2) is 0 Å². The molecule has 0 heterocycles. The molecule has 7 nitrogen and oxygen atoms in total. The predicted molar refractivity (Wildman–Crippen MR) is 122 cm³/mol. The number of hydrogen-bond donors (Lipinski definition) is 3. The number of hydrogen-bond acceptors (Lipinski definition) is 5. The Morgan fingerprint density at radius 1 is 1.00 bits per heavy atom. The fourth-order valence-corrected chi connectivity index (χ4v) is 3.91. The molecular formula is C25H29F3N2O5. The van der Waals surface area contributed by atoms with Gasteiger partial charge < -0.3 is 25.2 Å². The van der Waals surface area contributed by atoms with E-state index in [9.17, 15) is 22.8 Å². The van der Waals surface area contributed by atoms with Crippen LogP contribution in [0.25, 0.3) is 0 Å². The quantitative estimate of drug-likeness (QED) is 0.444. The first-order valence-electron chi connectivity index (χ1n) is 11.5. The molecule has 0 aromatic heterocycles. The molecule has 0 aliphatic heterocycles. The third-order valence-electron chi connectivity index (χ3n) is 5.71. The van der Waals surface area contributed by atoms with Gasteiger partial charge in [0.2, 0.25) is 5.91 Å². The largest absolute Gasteiger partial charge is 0.573 e. The van der Waals surface area contributed by atoms with E-state index < -0.39 is 24.2 Å². The summed E-state index contributed by atoms with van der Waals surface area (Å²) < 4.78 is 46.8. The Kier molecular flexibility index (Phi) is 9.36. The molecule has 2 aromatic carbocycles. The molecule has 0 spiro atoms. The highest BCUT2D eigenvalue weighted by atomic mass is 19.4. The minimum absolute atomic E-state index is 0.00338. The summed E-state index contributed by atoms with van der Waals surface area (Å²) in [7, 11) is 0. The van der Waals surface area contributed by atoms with Gasteiger partial charge in [-0.15, -0.1) is 13.2 Å². The highest BCUT2D eigenvalue weighted by molar-refractivity contribution is 5.97. The van der Waals surface area contributed by atoms with Crippen LogP contribution in [0.2, 0.25) is 0 Å². The number of aliphatic hydroxyl groups excluding tert-OH is 1. The monoisotopic (exact) mass is 494 g/mol. The molecule has 0 bridgehead atoms. The maximum atomic E-state index is 12.8. The molecule has 0 saturated heterocycles. The van der Waals surface area contributed by atoms with Crippen molar-refractivity contribution in [2.45, 2.75) is 44.5 Å². The number of aliphatic hydroxyl groups is 1. The zero-order valence-electron chi connectivity index (χ0n) is 19.1. The van der Waals surface area contributed by atoms with E-state index in [0.717, 1.165) is 25.0 Å². The summed E-state index contributed by atoms with van der Waals surface area (Å²) in [5.41, 5.74) is 0.840. The van der Waals surface area contributed by atoms with Gasteiger partial charge in [0, 0.05) is 18.5 Å². The van der Waals surface area contributed by atoms with E-state index in [-0.39, 0.29) is 25.3 Å². The number of rotatable bonds is 11. The van der Waals surface area contributed by atoms with Crippen LogP contribution >= 0.6 is 0 Å². The smallest absolute Gasteiger partial charge is 0.493 e. The van der Waals surface area contributed by atoms with Crippen molar-refractivity contribution in [2.75, 3.05) is 19.8 Å². The molecule has 1 saturated carbocycles. The van der Waals surface area contributed by atoms with Crippen molar-refractivity contribution in [2.24, 2.45) is 5.92 Å². The first kappa shape index (κ1) is 26.3. The molecule has 1 fully saturated rings. The topological polar surface area (TPSA) is 96.9 Å². The number of benzene rings is 2. The number of ether oxygens (including phenoxy) is 2. The molecule has 2 aromatic rings. The predicted octanol–water partition coefficient (Wildman–Crippen LogP) is 3.60. The van der Waals surface area contributed by atoms with Crippen molar-refractivity contribution in [3.05, 3.63) is 59.7 Å². The summed E-state index contributed by atoms with van der Waals surface area (Å²) in [6, 6.07) is 10.6. The van der Waals surface area contributed by atoms with Crippen LogP contribution in [-0.4, -0.2) is 49.1 Å². The summed E-state index contributed by atoms with van der Waals surface area (Å²) in [4.78, 5) is 25.3. The highest BCUT2D eigenvalue weighted by Crippen LogP contribution is 2.26. The lowest BCUT2D eigenvalue weighted by atomic mass is 10.0. The minimum Gasteiger partial charge on any atom is -0.493 e. The van der Waals surface area contributed by atoms with Gasteiger partial charge >= 0.3 is 6.36 Å². The number of nitrogens with one attached hydrogen (secondary N) is 2. The maximum Gasteiger partial charge on any atom is 0.573 e. The van der Waals surface area contributed by atoms with E-state index >= 15 is 0 Å². The Hall–Kier alpha value is -3.27. The van der Waals surface area contributed by atoms with Crippen molar-refractivity contribution in [1.82, 2.24) is 10.6 Å². The molecule has 10 heteroatoms. The van der Waals surface area contributed by atoms with Crippen LogP contribution < -0.4 is 20.1 Å². The number of carbonyl (C=O) groups excluding carboxylic acids is 2. The Labute approximate surface area is 201 Å². The van der Waals surface area contributed by atoms with E-state index in [1.54, 1.807) is 24.3 Å². The Morgan fingerprint density at radius 3 is 2.23 bits per heavy atom. The summed E-state index contributed by atoms with van der Waals surface area (Å²) in [6.45, 7) is 0.361. The normalized spacial score (nSPS) is 14.9. The van der Waals surface area contributed by atoms with Crippen LogP contribution in [-0.2, 0) is 11.2 Å². The lowest BCUT2D eigenvalue weighted by Gasteiger charge is -2.19. The molecule has 190 valence electrons. The van der Waals surface area contributed by atoms with Crippen molar-refractivity contribution >= 4 is 11.8 Å². The van der Waals surface area contributed by atoms with Gasteiger partial charge in [-0.05, 0) is 60.7 Å². The van der Waals surface area contributed by atoms with Crippen molar-refractivity contribution < 1.29 is 37.3 Å². The number of amides is 2. The summed E-state index contributed by atoms with van der Waals surface area (Å²) >= 11 is 0. The molecule has 1 atom stereocenters. The molecule has 1 unspecified atom stereocenters. The van der Waals surface area contributed by atoms with Crippen LogP contribution in [0.1, 0.15) is 41.6 Å². The number of carbonyl (C=O) groups is 2. The third kappa shape index (κ3) is 8.79. The standard InChI is InChI=1S/C25H29F3N2O5/c26-25(27,28)35-21-9-5-17(6-10-21)15-22(24(33)29-13-14-31)30-23(32)19-7-11-20(12-8-19)34-16-18-3-1-2-4-18/h5-12,18,22,31H,1-4,13-16H2,(H,29,33)(H,30,32). The van der Waals surface area contributed by atoms with Crippen LogP contribution in [0, 0.1) is 5.92 Å². The van der Waals surface area contributed by atoms with Gasteiger partial charge in [-0.3, -0.25) is 9.59 Å². The Bertz CT molecular complexity index is 959. The van der Waals surface area contributed by atoms with Crippen molar-refractivity contribution in [1.29, 1.82) is 0 Å². The zero-order valence-corrected chi connectivity index (χ0v) is 19.1. The maximum absolute atomic E-state index is 12.8. The van der Waals surface area contributed by atoms with E-state index in [1.165, 1.54) is 25.0 Å². The molecule has 35 heavy (non-hydrogen) atoms. The first-order valence-corrected chi connectivity index (χ1v) is 11.5. The zero-order chi connectivity index (χ0) is 25.3.